The van der Waals surface area contributed by atoms with Gasteiger partial charge in [-0.25, -0.2) is 12.7 Å². The van der Waals surface area contributed by atoms with Crippen LogP contribution in [-0.4, -0.2) is 48.4 Å². The van der Waals surface area contributed by atoms with E-state index in [0.29, 0.717) is 45.8 Å². The Bertz CT molecular complexity index is 1450. The number of H-pyrrole nitrogens is 2. The molecule has 9 nitrogen and oxygen atoms in total. The van der Waals surface area contributed by atoms with Gasteiger partial charge in [-0.3, -0.25) is 9.78 Å². The summed E-state index contributed by atoms with van der Waals surface area (Å²) in [7, 11) is -0.613. The molecule has 2 aromatic carbocycles. The maximum Gasteiger partial charge on any atom is 0.262 e. The molecule has 32 heavy (non-hydrogen) atoms. The first kappa shape index (κ1) is 21.6. The number of nitrogens with zero attached hydrogens (tertiary/aromatic N) is 2. The second kappa shape index (κ2) is 8.13. The summed E-state index contributed by atoms with van der Waals surface area (Å²) in [6, 6.07) is 13.8. The number of hydrogen-bond acceptors (Lipinski definition) is 6. The molecule has 4 aromatic rings. The van der Waals surface area contributed by atoms with Crippen LogP contribution in [0.15, 0.2) is 58.2 Å². The number of sulfonamides is 1. The van der Waals surface area contributed by atoms with Crippen LogP contribution in [0.4, 0.5) is 5.95 Å². The van der Waals surface area contributed by atoms with E-state index in [-0.39, 0.29) is 16.4 Å². The molecule has 10 heteroatoms. The fourth-order valence-electron chi connectivity index (χ4n) is 3.56. The summed E-state index contributed by atoms with van der Waals surface area (Å²) < 4.78 is 31.8. The average molecular weight is 454 g/mol. The molecule has 0 spiro atoms. The van der Waals surface area contributed by atoms with Crippen LogP contribution in [0.2, 0.25) is 0 Å². The topological polar surface area (TPSA) is 134 Å². The van der Waals surface area contributed by atoms with Crippen LogP contribution in [0.3, 0.4) is 0 Å². The van der Waals surface area contributed by atoms with Crippen molar-refractivity contribution in [1.82, 2.24) is 19.3 Å². The standard InChI is InChI=1S/C22H23N5O4S/c1-4-31-16-8-6-5-7-15(16)17-18-20(25-22(23)26-21(18)28)24-19(17)13-9-11-14(12-10-13)32(29,30)27(2)3/h5-12H,4H2,1-3H3,(H4,23,24,25,26,28). The number of hydrogen-bond donors (Lipinski definition) is 3. The number of para-hydroxylation sites is 1. The lowest BCUT2D eigenvalue weighted by atomic mass is 9.98. The number of rotatable bonds is 6. The minimum atomic E-state index is -3.57. The van der Waals surface area contributed by atoms with Gasteiger partial charge in [0.15, 0.2) is 0 Å². The normalized spacial score (nSPS) is 11.9. The lowest BCUT2D eigenvalue weighted by Gasteiger charge is -2.13. The summed E-state index contributed by atoms with van der Waals surface area (Å²) in [5, 5.41) is 0.339. The van der Waals surface area contributed by atoms with Crippen LogP contribution in [0.5, 0.6) is 5.75 Å². The third-order valence-electron chi connectivity index (χ3n) is 5.06. The predicted octanol–water partition coefficient (Wildman–Crippen LogP) is 2.82. The lowest BCUT2D eigenvalue weighted by Crippen LogP contribution is -2.22. The average Bonchev–Trinajstić information content (AvgIpc) is 3.14. The van der Waals surface area contributed by atoms with E-state index >= 15 is 0 Å². The second-order valence-corrected chi connectivity index (χ2v) is 9.44. The highest BCUT2D eigenvalue weighted by Gasteiger charge is 2.23. The fourth-order valence-corrected chi connectivity index (χ4v) is 4.47. The van der Waals surface area contributed by atoms with E-state index in [1.807, 2.05) is 31.2 Å². The number of benzene rings is 2. The number of anilines is 1. The molecule has 0 aliphatic heterocycles. The molecule has 0 saturated carbocycles. The summed E-state index contributed by atoms with van der Waals surface area (Å²) in [5.74, 6) is 0.604. The third kappa shape index (κ3) is 3.63. The van der Waals surface area contributed by atoms with Crippen molar-refractivity contribution in [2.24, 2.45) is 0 Å². The van der Waals surface area contributed by atoms with Gasteiger partial charge in [-0.05, 0) is 30.7 Å². The van der Waals surface area contributed by atoms with Gasteiger partial charge in [-0.15, -0.1) is 0 Å². The third-order valence-corrected chi connectivity index (χ3v) is 6.89. The Morgan fingerprint density at radius 3 is 2.41 bits per heavy atom. The monoisotopic (exact) mass is 453 g/mol. The summed E-state index contributed by atoms with van der Waals surface area (Å²) in [6.07, 6.45) is 0. The molecule has 0 bridgehead atoms. The largest absolute Gasteiger partial charge is 0.493 e. The summed E-state index contributed by atoms with van der Waals surface area (Å²) in [4.78, 5) is 23.0. The zero-order valence-electron chi connectivity index (χ0n) is 17.8. The smallest absolute Gasteiger partial charge is 0.262 e. The Kier molecular flexibility index (Phi) is 5.49. The van der Waals surface area contributed by atoms with E-state index in [2.05, 4.69) is 15.0 Å². The van der Waals surface area contributed by atoms with Gasteiger partial charge in [0.25, 0.3) is 5.56 Å². The minimum Gasteiger partial charge on any atom is -0.493 e. The number of nitrogens with one attached hydrogen (secondary N) is 2. The lowest BCUT2D eigenvalue weighted by molar-refractivity contribution is 0.341. The molecule has 166 valence electrons. The van der Waals surface area contributed by atoms with Crippen LogP contribution >= 0.6 is 0 Å². The molecule has 4 N–H and O–H groups in total. The predicted molar refractivity (Wildman–Crippen MR) is 124 cm³/mol. The van der Waals surface area contributed by atoms with Gasteiger partial charge >= 0.3 is 0 Å². The van der Waals surface area contributed by atoms with Crippen molar-refractivity contribution in [1.29, 1.82) is 0 Å². The van der Waals surface area contributed by atoms with E-state index < -0.39 is 10.0 Å². The van der Waals surface area contributed by atoms with Gasteiger partial charge in [0.1, 0.15) is 11.4 Å². The van der Waals surface area contributed by atoms with Crippen LogP contribution in [0, 0.1) is 0 Å². The summed E-state index contributed by atoms with van der Waals surface area (Å²) in [5.41, 5.74) is 8.28. The van der Waals surface area contributed by atoms with Crippen LogP contribution < -0.4 is 16.0 Å². The second-order valence-electron chi connectivity index (χ2n) is 7.29. The Hall–Kier alpha value is -3.63. The molecule has 0 aliphatic rings. The number of nitrogen functional groups attached to an aromatic ring is 1. The van der Waals surface area contributed by atoms with E-state index in [4.69, 9.17) is 10.5 Å². The van der Waals surface area contributed by atoms with Crippen molar-refractivity contribution in [3.05, 3.63) is 58.9 Å². The summed E-state index contributed by atoms with van der Waals surface area (Å²) >= 11 is 0. The Morgan fingerprint density at radius 2 is 1.75 bits per heavy atom. The van der Waals surface area contributed by atoms with Gasteiger partial charge in [0.05, 0.1) is 22.6 Å². The van der Waals surface area contributed by atoms with Gasteiger partial charge in [0.2, 0.25) is 16.0 Å². The van der Waals surface area contributed by atoms with Gasteiger partial charge in [-0.2, -0.15) is 4.98 Å². The Labute approximate surface area is 184 Å². The molecule has 0 saturated heterocycles. The van der Waals surface area contributed by atoms with E-state index in [1.165, 1.54) is 26.2 Å². The quantitative estimate of drug-likeness (QED) is 0.411. The van der Waals surface area contributed by atoms with Crippen LogP contribution in [0.25, 0.3) is 33.4 Å². The van der Waals surface area contributed by atoms with Crippen molar-refractivity contribution in [3.8, 4) is 28.1 Å². The first-order valence-electron chi connectivity index (χ1n) is 9.90. The maximum atomic E-state index is 12.8. The Morgan fingerprint density at radius 1 is 1.06 bits per heavy atom. The van der Waals surface area contributed by atoms with E-state index in [1.54, 1.807) is 12.1 Å². The van der Waals surface area contributed by atoms with Gasteiger partial charge < -0.3 is 15.5 Å². The van der Waals surface area contributed by atoms with Crippen molar-refractivity contribution in [2.75, 3.05) is 26.4 Å². The number of nitrogens with two attached hydrogens (primary N) is 1. The molecule has 0 amide bonds. The molecule has 0 aliphatic carbocycles. The zero-order valence-corrected chi connectivity index (χ0v) is 18.7. The highest BCUT2D eigenvalue weighted by molar-refractivity contribution is 7.89. The highest BCUT2D eigenvalue weighted by Crippen LogP contribution is 2.41. The molecule has 0 radical (unpaired) electrons. The molecule has 0 atom stereocenters. The molecule has 4 rings (SSSR count). The number of aromatic amines is 2. The van der Waals surface area contributed by atoms with Gasteiger partial charge in [0, 0.05) is 25.2 Å². The van der Waals surface area contributed by atoms with Gasteiger partial charge in [-0.1, -0.05) is 30.3 Å². The van der Waals surface area contributed by atoms with Crippen LogP contribution in [0.1, 0.15) is 6.92 Å². The Balaban J connectivity index is 2.00. The number of ether oxygens (including phenoxy) is 1. The first-order valence-corrected chi connectivity index (χ1v) is 11.3. The molecule has 2 aromatic heterocycles. The van der Waals surface area contributed by atoms with E-state index in [9.17, 15) is 13.2 Å². The highest BCUT2D eigenvalue weighted by atomic mass is 32.2. The molecule has 2 heterocycles. The van der Waals surface area contributed by atoms with Crippen molar-refractivity contribution >= 4 is 27.0 Å². The maximum absolute atomic E-state index is 12.8. The van der Waals surface area contributed by atoms with Crippen molar-refractivity contribution < 1.29 is 13.2 Å². The van der Waals surface area contributed by atoms with Crippen LogP contribution in [-0.2, 0) is 10.0 Å². The van der Waals surface area contributed by atoms with E-state index in [0.717, 1.165) is 4.31 Å². The molecular formula is C22H23N5O4S. The van der Waals surface area contributed by atoms with Crippen molar-refractivity contribution in [2.45, 2.75) is 11.8 Å². The SMILES string of the molecule is CCOc1ccccc1-c1c(-c2ccc(S(=O)(=O)N(C)C)cc2)[nH]c2nc(N)[nH]c(=O)c12. The number of fused-ring (bicyclic) bond motifs is 1. The molecule has 0 fully saturated rings. The zero-order chi connectivity index (χ0) is 23.0. The fraction of sp³-hybridized carbons (Fsp3) is 0.182. The minimum absolute atomic E-state index is 0.00707. The first-order chi connectivity index (χ1) is 15.2. The molecule has 0 unspecified atom stereocenters. The van der Waals surface area contributed by atoms with Crippen molar-refractivity contribution in [3.63, 3.8) is 0 Å². The summed E-state index contributed by atoms with van der Waals surface area (Å²) in [6.45, 7) is 2.33. The number of aromatic nitrogens is 3. The molecular weight excluding hydrogens is 430 g/mol.